The van der Waals surface area contributed by atoms with Crippen molar-refractivity contribution in [3.63, 3.8) is 0 Å². The van der Waals surface area contributed by atoms with Crippen LogP contribution in [-0.2, 0) is 14.8 Å². The first-order valence-electron chi connectivity index (χ1n) is 7.20. The third-order valence-corrected chi connectivity index (χ3v) is 5.96. The van der Waals surface area contributed by atoms with Gasteiger partial charge in [-0.1, -0.05) is 6.92 Å². The van der Waals surface area contributed by atoms with Crippen molar-refractivity contribution in [2.45, 2.75) is 24.5 Å². The van der Waals surface area contributed by atoms with Gasteiger partial charge in [-0.25, -0.2) is 13.1 Å². The second-order valence-corrected chi connectivity index (χ2v) is 8.18. The van der Waals surface area contributed by atoms with Crippen molar-refractivity contribution < 1.29 is 22.7 Å². The Hall–Kier alpha value is -2.19. The first-order valence-corrected chi connectivity index (χ1v) is 9.50. The number of carbonyl (C=O) groups is 2. The SMILES string of the molecule is CCC(=O)c1ccc(OCC(=O)NS(=O)(=O)c2ccc(C)s2)cc1. The molecule has 0 aliphatic carbocycles. The van der Waals surface area contributed by atoms with Crippen molar-refractivity contribution in [2.75, 3.05) is 6.61 Å². The Bertz CT molecular complexity index is 838. The summed E-state index contributed by atoms with van der Waals surface area (Å²) in [6.45, 7) is 3.11. The van der Waals surface area contributed by atoms with Crippen LogP contribution in [0.4, 0.5) is 0 Å². The van der Waals surface area contributed by atoms with E-state index in [4.69, 9.17) is 4.74 Å². The highest BCUT2D eigenvalue weighted by Crippen LogP contribution is 2.20. The summed E-state index contributed by atoms with van der Waals surface area (Å²) < 4.78 is 31.3. The molecule has 0 unspecified atom stereocenters. The largest absolute Gasteiger partial charge is 0.484 e. The highest BCUT2D eigenvalue weighted by Gasteiger charge is 2.19. The molecule has 1 aromatic heterocycles. The number of thiophene rings is 1. The lowest BCUT2D eigenvalue weighted by molar-refractivity contribution is -0.121. The van der Waals surface area contributed by atoms with Crippen LogP contribution in [0, 0.1) is 6.92 Å². The van der Waals surface area contributed by atoms with E-state index in [1.165, 1.54) is 6.07 Å². The molecule has 2 rings (SSSR count). The quantitative estimate of drug-likeness (QED) is 0.760. The van der Waals surface area contributed by atoms with Crippen molar-refractivity contribution in [1.29, 1.82) is 0 Å². The minimum atomic E-state index is -3.87. The van der Waals surface area contributed by atoms with Crippen molar-refractivity contribution >= 4 is 33.1 Å². The molecule has 0 radical (unpaired) electrons. The maximum atomic E-state index is 12.0. The van der Waals surface area contributed by atoms with Crippen molar-refractivity contribution in [1.82, 2.24) is 4.72 Å². The molecule has 0 saturated heterocycles. The molecule has 2 aromatic rings. The zero-order valence-corrected chi connectivity index (χ0v) is 14.9. The van der Waals surface area contributed by atoms with Crippen LogP contribution in [0.3, 0.4) is 0 Å². The molecule has 1 heterocycles. The summed E-state index contributed by atoms with van der Waals surface area (Å²) in [6, 6.07) is 9.44. The van der Waals surface area contributed by atoms with Crippen LogP contribution in [0.5, 0.6) is 5.75 Å². The van der Waals surface area contributed by atoms with Crippen molar-refractivity contribution in [3.8, 4) is 5.75 Å². The molecule has 6 nitrogen and oxygen atoms in total. The predicted octanol–water partition coefficient (Wildman–Crippen LogP) is 2.53. The predicted molar refractivity (Wildman–Crippen MR) is 90.9 cm³/mol. The van der Waals surface area contributed by atoms with E-state index >= 15 is 0 Å². The summed E-state index contributed by atoms with van der Waals surface area (Å²) in [5.74, 6) is -0.381. The Morgan fingerprint density at radius 3 is 2.33 bits per heavy atom. The number of ether oxygens (including phenoxy) is 1. The summed E-state index contributed by atoms with van der Waals surface area (Å²) in [4.78, 5) is 24.1. The van der Waals surface area contributed by atoms with Gasteiger partial charge < -0.3 is 4.74 Å². The fourth-order valence-corrected chi connectivity index (χ4v) is 4.13. The van der Waals surface area contributed by atoms with Gasteiger partial charge in [0, 0.05) is 16.9 Å². The van der Waals surface area contributed by atoms with Gasteiger partial charge in [-0.05, 0) is 43.3 Å². The minimum absolute atomic E-state index is 0.0108. The minimum Gasteiger partial charge on any atom is -0.484 e. The molecule has 0 atom stereocenters. The van der Waals surface area contributed by atoms with E-state index in [0.717, 1.165) is 16.2 Å². The summed E-state index contributed by atoms with van der Waals surface area (Å²) in [6.07, 6.45) is 0.405. The highest BCUT2D eigenvalue weighted by atomic mass is 32.2. The molecular weight excluding hydrogens is 350 g/mol. The summed E-state index contributed by atoms with van der Waals surface area (Å²) in [5, 5.41) is 0. The van der Waals surface area contributed by atoms with Gasteiger partial charge >= 0.3 is 0 Å². The van der Waals surface area contributed by atoms with E-state index in [1.807, 2.05) is 4.72 Å². The van der Waals surface area contributed by atoms with Crippen LogP contribution >= 0.6 is 11.3 Å². The number of ketones is 1. The Kier molecular flexibility index (Phi) is 5.74. The molecule has 1 N–H and O–H groups in total. The molecule has 128 valence electrons. The molecule has 0 bridgehead atoms. The lowest BCUT2D eigenvalue weighted by atomic mass is 10.1. The van der Waals surface area contributed by atoms with E-state index in [9.17, 15) is 18.0 Å². The number of hydrogen-bond donors (Lipinski definition) is 1. The normalized spacial score (nSPS) is 11.1. The van der Waals surface area contributed by atoms with Crippen LogP contribution in [0.1, 0.15) is 28.6 Å². The molecule has 0 aliphatic rings. The zero-order chi connectivity index (χ0) is 17.7. The number of hydrogen-bond acceptors (Lipinski definition) is 6. The second kappa shape index (κ2) is 7.59. The van der Waals surface area contributed by atoms with E-state index in [1.54, 1.807) is 44.2 Å². The Morgan fingerprint density at radius 2 is 1.79 bits per heavy atom. The fourth-order valence-electron chi connectivity index (χ4n) is 1.88. The average molecular weight is 367 g/mol. The van der Waals surface area contributed by atoms with Crippen LogP contribution in [-0.4, -0.2) is 26.7 Å². The van der Waals surface area contributed by atoms with Crippen LogP contribution in [0.15, 0.2) is 40.6 Å². The number of nitrogens with one attached hydrogen (secondary N) is 1. The molecular formula is C16H17NO5S2. The third kappa shape index (κ3) is 4.65. The molecule has 8 heteroatoms. The Morgan fingerprint density at radius 1 is 1.12 bits per heavy atom. The summed E-state index contributed by atoms with van der Waals surface area (Å²) in [5.41, 5.74) is 0.560. The topological polar surface area (TPSA) is 89.5 Å². The van der Waals surface area contributed by atoms with Gasteiger partial charge in [-0.15, -0.1) is 11.3 Å². The van der Waals surface area contributed by atoms with E-state index in [0.29, 0.717) is 17.7 Å². The van der Waals surface area contributed by atoms with Crippen LogP contribution in [0.25, 0.3) is 0 Å². The standard InChI is InChI=1S/C16H17NO5S2/c1-3-14(18)12-5-7-13(8-6-12)22-10-15(19)17-24(20,21)16-9-4-11(2)23-16/h4-9H,3,10H2,1-2H3,(H,17,19). The fraction of sp³-hybridized carbons (Fsp3) is 0.250. The van der Waals surface area contributed by atoms with Gasteiger partial charge in [0.25, 0.3) is 15.9 Å². The lowest BCUT2D eigenvalue weighted by Gasteiger charge is -2.08. The van der Waals surface area contributed by atoms with Gasteiger partial charge in [0.1, 0.15) is 9.96 Å². The zero-order valence-electron chi connectivity index (χ0n) is 13.2. The summed E-state index contributed by atoms with van der Waals surface area (Å²) >= 11 is 1.08. The van der Waals surface area contributed by atoms with Gasteiger partial charge in [-0.2, -0.15) is 0 Å². The third-order valence-electron chi connectivity index (χ3n) is 3.10. The van der Waals surface area contributed by atoms with E-state index < -0.39 is 22.5 Å². The van der Waals surface area contributed by atoms with Gasteiger partial charge in [0.2, 0.25) is 0 Å². The smallest absolute Gasteiger partial charge is 0.273 e. The number of carbonyl (C=O) groups excluding carboxylic acids is 2. The molecule has 24 heavy (non-hydrogen) atoms. The molecule has 0 aliphatic heterocycles. The monoisotopic (exact) mass is 367 g/mol. The summed E-state index contributed by atoms with van der Waals surface area (Å²) in [7, 11) is -3.87. The highest BCUT2D eigenvalue weighted by molar-refractivity contribution is 7.92. The number of sulfonamides is 1. The van der Waals surface area contributed by atoms with Crippen molar-refractivity contribution in [2.24, 2.45) is 0 Å². The number of aryl methyl sites for hydroxylation is 1. The van der Waals surface area contributed by atoms with Crippen LogP contribution in [0.2, 0.25) is 0 Å². The van der Waals surface area contributed by atoms with Crippen LogP contribution < -0.4 is 9.46 Å². The first kappa shape index (κ1) is 18.2. The first-order chi connectivity index (χ1) is 11.3. The molecule has 0 saturated carbocycles. The van der Waals surface area contributed by atoms with E-state index in [2.05, 4.69) is 0 Å². The van der Waals surface area contributed by atoms with Gasteiger partial charge in [0.15, 0.2) is 12.4 Å². The van der Waals surface area contributed by atoms with Crippen molar-refractivity contribution in [3.05, 3.63) is 46.8 Å². The van der Waals surface area contributed by atoms with Gasteiger partial charge in [-0.3, -0.25) is 9.59 Å². The maximum Gasteiger partial charge on any atom is 0.273 e. The molecule has 1 amide bonds. The molecule has 0 fully saturated rings. The Balaban J connectivity index is 1.92. The Labute approximate surface area is 144 Å². The number of Topliss-reactive ketones (excluding diaryl/α,β-unsaturated/α-hetero) is 1. The second-order valence-electron chi connectivity index (χ2n) is 4.98. The number of amides is 1. The average Bonchev–Trinajstić information content (AvgIpc) is 3.00. The maximum absolute atomic E-state index is 12.0. The molecule has 0 spiro atoms. The lowest BCUT2D eigenvalue weighted by Crippen LogP contribution is -2.34. The number of benzene rings is 1. The van der Waals surface area contributed by atoms with Gasteiger partial charge in [0.05, 0.1) is 0 Å². The van der Waals surface area contributed by atoms with E-state index in [-0.39, 0.29) is 9.99 Å². The molecule has 1 aromatic carbocycles. The number of rotatable bonds is 7.